The molecule has 6 heteroatoms. The number of aliphatic imine (C=N–C) groups is 1. The van der Waals surface area contributed by atoms with Gasteiger partial charge in [0.15, 0.2) is 0 Å². The number of fused-ring (bicyclic) bond motifs is 2. The summed E-state index contributed by atoms with van der Waals surface area (Å²) in [5.74, 6) is 7.71. The number of para-hydroxylation sites is 2. The standard InChI is InChI=1S/C27H28N4OS/c1-20-18-23-26(30-16-14-29(2)15-17-30)28-24-11-5-6-12-25(24)31(27(23)33-20)13-7-10-21-8-3-4-9-22(21)19-32/h3-6,8-9,11-12,18,32H,13-17,19H2,1-2H3. The summed E-state index contributed by atoms with van der Waals surface area (Å²) in [5, 5.41) is 10.8. The van der Waals surface area contributed by atoms with E-state index in [0.29, 0.717) is 6.54 Å². The Hall–Kier alpha value is -3.11. The molecular weight excluding hydrogens is 428 g/mol. The van der Waals surface area contributed by atoms with Gasteiger partial charge in [0, 0.05) is 36.6 Å². The predicted molar refractivity (Wildman–Crippen MR) is 137 cm³/mol. The molecule has 0 spiro atoms. The fourth-order valence-corrected chi connectivity index (χ4v) is 5.36. The van der Waals surface area contributed by atoms with Crippen molar-refractivity contribution in [1.29, 1.82) is 0 Å². The zero-order chi connectivity index (χ0) is 22.8. The Kier molecular flexibility index (Phi) is 6.19. The van der Waals surface area contributed by atoms with E-state index < -0.39 is 0 Å². The summed E-state index contributed by atoms with van der Waals surface area (Å²) in [7, 11) is 2.18. The van der Waals surface area contributed by atoms with E-state index in [1.54, 1.807) is 11.3 Å². The van der Waals surface area contributed by atoms with Gasteiger partial charge in [-0.25, -0.2) is 4.99 Å². The van der Waals surface area contributed by atoms with Crippen LogP contribution < -0.4 is 4.90 Å². The third-order valence-electron chi connectivity index (χ3n) is 6.17. The van der Waals surface area contributed by atoms with E-state index in [2.05, 4.69) is 70.8 Å². The Bertz CT molecular complexity index is 1240. The quantitative estimate of drug-likeness (QED) is 0.582. The van der Waals surface area contributed by atoms with Gasteiger partial charge in [-0.3, -0.25) is 0 Å². The van der Waals surface area contributed by atoms with Crippen LogP contribution in [0.4, 0.5) is 16.4 Å². The van der Waals surface area contributed by atoms with Gasteiger partial charge in [-0.1, -0.05) is 42.2 Å². The van der Waals surface area contributed by atoms with Gasteiger partial charge in [0.05, 0.1) is 30.1 Å². The van der Waals surface area contributed by atoms with Crippen molar-refractivity contribution in [2.45, 2.75) is 13.5 Å². The number of piperazine rings is 1. The Morgan fingerprint density at radius 2 is 1.79 bits per heavy atom. The van der Waals surface area contributed by atoms with Gasteiger partial charge < -0.3 is 19.8 Å². The second-order valence-electron chi connectivity index (χ2n) is 8.49. The van der Waals surface area contributed by atoms with E-state index in [4.69, 9.17) is 4.99 Å². The van der Waals surface area contributed by atoms with Crippen LogP contribution in [0.25, 0.3) is 0 Å². The molecule has 1 fully saturated rings. The second kappa shape index (κ2) is 9.40. The van der Waals surface area contributed by atoms with Crippen molar-refractivity contribution in [3.63, 3.8) is 0 Å². The lowest BCUT2D eigenvalue weighted by Gasteiger charge is -2.34. The average Bonchev–Trinajstić information content (AvgIpc) is 3.17. The van der Waals surface area contributed by atoms with E-state index >= 15 is 0 Å². The average molecular weight is 457 g/mol. The van der Waals surface area contributed by atoms with Crippen LogP contribution in [-0.4, -0.2) is 60.5 Å². The summed E-state index contributed by atoms with van der Waals surface area (Å²) in [4.78, 5) is 13.6. The number of hydrogen-bond donors (Lipinski definition) is 1. The van der Waals surface area contributed by atoms with E-state index in [0.717, 1.165) is 54.5 Å². The molecule has 2 aromatic carbocycles. The maximum Gasteiger partial charge on any atom is 0.139 e. The molecule has 168 valence electrons. The van der Waals surface area contributed by atoms with Crippen LogP contribution >= 0.6 is 11.3 Å². The first-order valence-corrected chi connectivity index (χ1v) is 12.1. The summed E-state index contributed by atoms with van der Waals surface area (Å²) in [6, 6.07) is 18.4. The van der Waals surface area contributed by atoms with Crippen LogP contribution in [0.1, 0.15) is 21.6 Å². The van der Waals surface area contributed by atoms with Crippen molar-refractivity contribution in [2.75, 3.05) is 44.7 Å². The number of amidine groups is 1. The maximum absolute atomic E-state index is 9.64. The maximum atomic E-state index is 9.64. The Labute approximate surface area is 199 Å². The fraction of sp³-hybridized carbons (Fsp3) is 0.296. The molecule has 0 amide bonds. The minimum atomic E-state index is -0.00606. The number of aryl methyl sites for hydroxylation is 1. The number of aliphatic hydroxyl groups is 1. The lowest BCUT2D eigenvalue weighted by Crippen LogP contribution is -2.47. The van der Waals surface area contributed by atoms with Crippen molar-refractivity contribution in [3.05, 3.63) is 76.2 Å². The molecule has 0 aliphatic carbocycles. The highest BCUT2D eigenvalue weighted by molar-refractivity contribution is 7.16. The number of thiophene rings is 1. The molecule has 3 heterocycles. The molecule has 1 N–H and O–H groups in total. The minimum Gasteiger partial charge on any atom is -0.392 e. The summed E-state index contributed by atoms with van der Waals surface area (Å²) in [5.41, 5.74) is 4.98. The van der Waals surface area contributed by atoms with E-state index in [1.807, 2.05) is 24.3 Å². The molecule has 0 saturated carbocycles. The van der Waals surface area contributed by atoms with Gasteiger partial charge in [-0.15, -0.1) is 11.3 Å². The number of anilines is 2. The Morgan fingerprint density at radius 1 is 1.03 bits per heavy atom. The number of benzene rings is 2. The highest BCUT2D eigenvalue weighted by Gasteiger charge is 2.29. The van der Waals surface area contributed by atoms with Crippen molar-refractivity contribution < 1.29 is 5.11 Å². The first-order chi connectivity index (χ1) is 16.1. The minimum absolute atomic E-state index is 0.00606. The molecule has 5 nitrogen and oxygen atoms in total. The molecule has 1 saturated heterocycles. The van der Waals surface area contributed by atoms with Gasteiger partial charge in [-0.05, 0) is 43.8 Å². The van der Waals surface area contributed by atoms with Crippen molar-refractivity contribution in [2.24, 2.45) is 4.99 Å². The van der Waals surface area contributed by atoms with Crippen LogP contribution in [0.15, 0.2) is 59.6 Å². The van der Waals surface area contributed by atoms with Gasteiger partial charge >= 0.3 is 0 Å². The number of likely N-dealkylation sites (N-methyl/N-ethyl adjacent to an activating group) is 1. The van der Waals surface area contributed by atoms with E-state index in [9.17, 15) is 5.11 Å². The molecule has 3 aromatic rings. The number of aliphatic hydroxyl groups excluding tert-OH is 1. The molecule has 0 unspecified atom stereocenters. The summed E-state index contributed by atoms with van der Waals surface area (Å²) >= 11 is 1.80. The van der Waals surface area contributed by atoms with Crippen molar-refractivity contribution >= 4 is 33.5 Å². The Balaban J connectivity index is 1.55. The first-order valence-electron chi connectivity index (χ1n) is 11.3. The predicted octanol–water partition coefficient (Wildman–Crippen LogP) is 4.38. The zero-order valence-corrected chi connectivity index (χ0v) is 19.9. The third kappa shape index (κ3) is 4.40. The molecule has 0 bridgehead atoms. The molecule has 0 radical (unpaired) electrons. The Morgan fingerprint density at radius 3 is 2.61 bits per heavy atom. The highest BCUT2D eigenvalue weighted by atomic mass is 32.1. The number of hydrogen-bond acceptors (Lipinski definition) is 6. The number of rotatable bonds is 2. The summed E-state index contributed by atoms with van der Waals surface area (Å²) in [6.07, 6.45) is 0. The smallest absolute Gasteiger partial charge is 0.139 e. The van der Waals surface area contributed by atoms with Crippen molar-refractivity contribution in [3.8, 4) is 11.8 Å². The fourth-order valence-electron chi connectivity index (χ4n) is 4.34. The second-order valence-corrected chi connectivity index (χ2v) is 9.73. The SMILES string of the molecule is Cc1cc2c(s1)N(CC#Cc1ccccc1CO)c1ccccc1N=C2N1CCN(C)CC1. The molecule has 2 aliphatic heterocycles. The lowest BCUT2D eigenvalue weighted by molar-refractivity contribution is 0.216. The van der Waals surface area contributed by atoms with Crippen LogP contribution in [0.2, 0.25) is 0 Å². The molecule has 2 aliphatic rings. The van der Waals surface area contributed by atoms with Gasteiger partial charge in [-0.2, -0.15) is 0 Å². The summed E-state index contributed by atoms with van der Waals surface area (Å²) < 4.78 is 0. The van der Waals surface area contributed by atoms with Gasteiger partial charge in [0.25, 0.3) is 0 Å². The lowest BCUT2D eigenvalue weighted by atomic mass is 10.1. The molecular formula is C27H28N4OS. The van der Waals surface area contributed by atoms with Crippen LogP contribution in [0, 0.1) is 18.8 Å². The molecule has 5 rings (SSSR count). The zero-order valence-electron chi connectivity index (χ0n) is 19.1. The van der Waals surface area contributed by atoms with Crippen LogP contribution in [0.3, 0.4) is 0 Å². The van der Waals surface area contributed by atoms with Gasteiger partial charge in [0.2, 0.25) is 0 Å². The largest absolute Gasteiger partial charge is 0.392 e. The topological polar surface area (TPSA) is 42.3 Å². The summed E-state index contributed by atoms with van der Waals surface area (Å²) in [6.45, 7) is 6.74. The monoisotopic (exact) mass is 456 g/mol. The highest BCUT2D eigenvalue weighted by Crippen LogP contribution is 2.43. The van der Waals surface area contributed by atoms with E-state index in [1.165, 1.54) is 15.4 Å². The van der Waals surface area contributed by atoms with E-state index in [-0.39, 0.29) is 6.61 Å². The third-order valence-corrected chi connectivity index (χ3v) is 7.24. The molecule has 1 aromatic heterocycles. The van der Waals surface area contributed by atoms with Crippen LogP contribution in [0.5, 0.6) is 0 Å². The molecule has 33 heavy (non-hydrogen) atoms. The van der Waals surface area contributed by atoms with Crippen LogP contribution in [-0.2, 0) is 6.61 Å². The normalized spacial score (nSPS) is 15.8. The first kappa shape index (κ1) is 21.7. The molecule has 0 atom stereocenters. The number of nitrogens with zero attached hydrogens (tertiary/aromatic N) is 4. The van der Waals surface area contributed by atoms with Crippen molar-refractivity contribution in [1.82, 2.24) is 9.80 Å². The van der Waals surface area contributed by atoms with Gasteiger partial charge in [0.1, 0.15) is 10.8 Å².